The number of hydrogen-bond donors (Lipinski definition) is 1. The van der Waals surface area contributed by atoms with Crippen LogP contribution in [0.15, 0.2) is 23.1 Å². The van der Waals surface area contributed by atoms with Crippen LogP contribution in [-0.4, -0.2) is 21.0 Å². The molecule has 1 aromatic carbocycles. The lowest BCUT2D eigenvalue weighted by molar-refractivity contribution is 0.483. The van der Waals surface area contributed by atoms with Gasteiger partial charge in [0.2, 0.25) is 0 Å². The molecule has 1 aromatic rings. The topological polar surface area (TPSA) is 54.4 Å². The summed E-state index contributed by atoms with van der Waals surface area (Å²) >= 11 is 0. The zero-order chi connectivity index (χ0) is 14.0. The van der Waals surface area contributed by atoms with E-state index in [2.05, 4.69) is 19.6 Å². The molecule has 0 unspecified atom stereocenters. The Bertz CT molecular complexity index is 516. The van der Waals surface area contributed by atoms with Crippen LogP contribution < -0.4 is 0 Å². The van der Waals surface area contributed by atoms with Crippen molar-refractivity contribution in [3.05, 3.63) is 29.3 Å². The highest BCUT2D eigenvalue weighted by Crippen LogP contribution is 2.19. The predicted molar refractivity (Wildman–Crippen MR) is 77.5 cm³/mol. The van der Waals surface area contributed by atoms with Gasteiger partial charge in [-0.2, -0.15) is 8.42 Å². The summed E-state index contributed by atoms with van der Waals surface area (Å²) in [5.74, 6) is 0. The Morgan fingerprint density at radius 1 is 1.22 bits per heavy atom. The van der Waals surface area contributed by atoms with E-state index in [1.807, 2.05) is 6.92 Å². The van der Waals surface area contributed by atoms with E-state index in [-0.39, 0.29) is 4.90 Å². The quantitative estimate of drug-likeness (QED) is 0.665. The zero-order valence-corrected chi connectivity index (χ0v) is 13.3. The van der Waals surface area contributed by atoms with Crippen LogP contribution in [0.3, 0.4) is 0 Å². The van der Waals surface area contributed by atoms with Gasteiger partial charge in [0.1, 0.15) is 0 Å². The smallest absolute Gasteiger partial charge is 0.282 e. The molecule has 1 rings (SSSR count). The molecule has 0 radical (unpaired) electrons. The minimum absolute atomic E-state index is 0.00361. The third-order valence-electron chi connectivity index (χ3n) is 2.99. The first-order valence-electron chi connectivity index (χ1n) is 6.17. The minimum atomic E-state index is -4.09. The van der Waals surface area contributed by atoms with Crippen molar-refractivity contribution < 1.29 is 13.0 Å². The Hall–Kier alpha value is -0.653. The van der Waals surface area contributed by atoms with Gasteiger partial charge in [0, 0.05) is 8.07 Å². The molecule has 0 atom stereocenters. The van der Waals surface area contributed by atoms with E-state index >= 15 is 0 Å². The van der Waals surface area contributed by atoms with Crippen molar-refractivity contribution >= 4 is 18.2 Å². The molecule has 0 aromatic heterocycles. The maximum atomic E-state index is 11.1. The zero-order valence-electron chi connectivity index (χ0n) is 11.5. The fraction of sp³-hybridized carbons (Fsp3) is 0.538. The summed E-state index contributed by atoms with van der Waals surface area (Å²) in [4.78, 5) is -0.00361. The summed E-state index contributed by atoms with van der Waals surface area (Å²) in [6.07, 6.45) is 1.95. The molecule has 3 nitrogen and oxygen atoms in total. The number of rotatable bonds is 5. The fourth-order valence-electron chi connectivity index (χ4n) is 1.89. The SMILES string of the molecule is Cc1ccc(S(=O)(=O)O)cc1CCC[Si](C)(C)C. The second-order valence-electron chi connectivity index (χ2n) is 5.98. The molecule has 0 saturated heterocycles. The van der Waals surface area contributed by atoms with Gasteiger partial charge in [-0.25, -0.2) is 0 Å². The van der Waals surface area contributed by atoms with E-state index < -0.39 is 18.2 Å². The molecule has 102 valence electrons. The monoisotopic (exact) mass is 286 g/mol. The maximum Gasteiger partial charge on any atom is 0.294 e. The number of aryl methyl sites for hydroxylation is 2. The molecule has 0 heterocycles. The van der Waals surface area contributed by atoms with Crippen LogP contribution in [0.25, 0.3) is 0 Å². The van der Waals surface area contributed by atoms with Crippen LogP contribution in [0.1, 0.15) is 17.5 Å². The Morgan fingerprint density at radius 2 is 1.83 bits per heavy atom. The van der Waals surface area contributed by atoms with Crippen molar-refractivity contribution in [1.82, 2.24) is 0 Å². The first-order valence-corrected chi connectivity index (χ1v) is 11.3. The van der Waals surface area contributed by atoms with Gasteiger partial charge in [-0.05, 0) is 36.6 Å². The van der Waals surface area contributed by atoms with Gasteiger partial charge in [0.15, 0.2) is 0 Å². The highest BCUT2D eigenvalue weighted by molar-refractivity contribution is 7.85. The normalized spacial score (nSPS) is 12.7. The van der Waals surface area contributed by atoms with Crippen molar-refractivity contribution in [3.8, 4) is 0 Å². The van der Waals surface area contributed by atoms with E-state index in [4.69, 9.17) is 4.55 Å². The second kappa shape index (κ2) is 5.55. The van der Waals surface area contributed by atoms with Crippen molar-refractivity contribution in [2.45, 2.75) is 50.3 Å². The highest BCUT2D eigenvalue weighted by atomic mass is 32.2. The van der Waals surface area contributed by atoms with Crippen LogP contribution in [-0.2, 0) is 16.5 Å². The molecule has 0 amide bonds. The molecule has 0 aliphatic rings. The summed E-state index contributed by atoms with van der Waals surface area (Å²) in [5, 5.41) is 0. The Morgan fingerprint density at radius 3 is 2.33 bits per heavy atom. The Balaban J connectivity index is 2.83. The lowest BCUT2D eigenvalue weighted by Crippen LogP contribution is -2.19. The molecule has 0 aliphatic heterocycles. The molecule has 0 saturated carbocycles. The van der Waals surface area contributed by atoms with Gasteiger partial charge in [-0.1, -0.05) is 38.2 Å². The molecule has 1 N–H and O–H groups in total. The molecule has 0 spiro atoms. The van der Waals surface area contributed by atoms with Crippen LogP contribution in [0, 0.1) is 6.92 Å². The largest absolute Gasteiger partial charge is 0.294 e. The third kappa shape index (κ3) is 4.92. The van der Waals surface area contributed by atoms with Crippen LogP contribution >= 0.6 is 0 Å². The minimum Gasteiger partial charge on any atom is -0.282 e. The summed E-state index contributed by atoms with van der Waals surface area (Å²) in [7, 11) is -5.13. The molecule has 0 aliphatic carbocycles. The van der Waals surface area contributed by atoms with E-state index in [9.17, 15) is 8.42 Å². The predicted octanol–water partition coefficient (Wildman–Crippen LogP) is 3.51. The number of benzene rings is 1. The van der Waals surface area contributed by atoms with Crippen LogP contribution in [0.4, 0.5) is 0 Å². The summed E-state index contributed by atoms with van der Waals surface area (Å²) in [6, 6.07) is 6.02. The standard InChI is InChI=1S/C13H22O3SSi/c1-11-7-8-13(17(14,15)16)10-12(11)6-5-9-18(2,3)4/h7-8,10H,5-6,9H2,1-4H3,(H,14,15,16). The molecule has 0 fully saturated rings. The van der Waals surface area contributed by atoms with Crippen LogP contribution in [0.2, 0.25) is 25.7 Å². The van der Waals surface area contributed by atoms with E-state index in [1.54, 1.807) is 12.1 Å². The van der Waals surface area contributed by atoms with Crippen molar-refractivity contribution in [2.75, 3.05) is 0 Å². The lowest BCUT2D eigenvalue weighted by atomic mass is 10.0. The average molecular weight is 286 g/mol. The Labute approximate surface area is 111 Å². The van der Waals surface area contributed by atoms with Crippen LogP contribution in [0.5, 0.6) is 0 Å². The summed E-state index contributed by atoms with van der Waals surface area (Å²) in [6.45, 7) is 8.95. The Kier molecular flexibility index (Phi) is 4.75. The third-order valence-corrected chi connectivity index (χ3v) is 5.69. The molecular weight excluding hydrogens is 264 g/mol. The molecule has 0 bridgehead atoms. The highest BCUT2D eigenvalue weighted by Gasteiger charge is 2.14. The van der Waals surface area contributed by atoms with Gasteiger partial charge in [-0.3, -0.25) is 4.55 Å². The fourth-order valence-corrected chi connectivity index (χ4v) is 3.66. The first kappa shape index (κ1) is 15.4. The van der Waals surface area contributed by atoms with Crippen molar-refractivity contribution in [2.24, 2.45) is 0 Å². The van der Waals surface area contributed by atoms with E-state index in [0.29, 0.717) is 0 Å². The summed E-state index contributed by atoms with van der Waals surface area (Å²) < 4.78 is 31.2. The van der Waals surface area contributed by atoms with Gasteiger partial charge < -0.3 is 0 Å². The van der Waals surface area contributed by atoms with Crippen molar-refractivity contribution in [1.29, 1.82) is 0 Å². The van der Waals surface area contributed by atoms with Gasteiger partial charge in [0.25, 0.3) is 10.1 Å². The maximum absolute atomic E-state index is 11.1. The molecule has 5 heteroatoms. The molecular formula is C13H22O3SSi. The first-order chi connectivity index (χ1) is 8.09. The summed E-state index contributed by atoms with van der Waals surface area (Å²) in [5.41, 5.74) is 2.10. The van der Waals surface area contributed by atoms with E-state index in [1.165, 1.54) is 12.1 Å². The van der Waals surface area contributed by atoms with Gasteiger partial charge in [0.05, 0.1) is 4.90 Å². The number of hydrogen-bond acceptors (Lipinski definition) is 2. The van der Waals surface area contributed by atoms with Crippen molar-refractivity contribution in [3.63, 3.8) is 0 Å². The lowest BCUT2D eigenvalue weighted by Gasteiger charge is -2.16. The average Bonchev–Trinajstić information content (AvgIpc) is 2.17. The van der Waals surface area contributed by atoms with E-state index in [0.717, 1.165) is 24.0 Å². The molecule has 18 heavy (non-hydrogen) atoms. The van der Waals surface area contributed by atoms with Gasteiger partial charge >= 0.3 is 0 Å². The van der Waals surface area contributed by atoms with Gasteiger partial charge in [-0.15, -0.1) is 0 Å². The second-order valence-corrected chi connectivity index (χ2v) is 13.0.